The lowest BCUT2D eigenvalue weighted by Crippen LogP contribution is -2.39. The molecule has 1 aromatic carbocycles. The Kier molecular flexibility index (Phi) is 6.42. The monoisotopic (exact) mass is 551 g/mol. The molecule has 3 N–H and O–H groups in total. The molecule has 2 amide bonds. The SMILES string of the molecule is CNS(=O)(=O)c1ccc(C(=O)N2CCC(NC(=O)c3ccc4[nH]c5c(c4c3)C(C)(C)CC(C)(C)C5=O)C2)cn1. The van der Waals surface area contributed by atoms with Crippen molar-refractivity contribution in [3.63, 3.8) is 0 Å². The number of sulfonamides is 1. The minimum atomic E-state index is -3.69. The Hall–Kier alpha value is -3.57. The second kappa shape index (κ2) is 9.27. The fourth-order valence-electron chi connectivity index (χ4n) is 6.10. The number of fused-ring (bicyclic) bond motifs is 3. The van der Waals surface area contributed by atoms with Gasteiger partial charge in [0.2, 0.25) is 0 Å². The van der Waals surface area contributed by atoms with Crippen LogP contribution in [-0.2, 0) is 15.4 Å². The van der Waals surface area contributed by atoms with Crippen LogP contribution in [0.2, 0.25) is 0 Å². The highest BCUT2D eigenvalue weighted by Crippen LogP contribution is 2.48. The van der Waals surface area contributed by atoms with Crippen LogP contribution in [0.5, 0.6) is 0 Å². The Balaban J connectivity index is 1.30. The third kappa shape index (κ3) is 4.74. The molecule has 0 saturated carbocycles. The van der Waals surface area contributed by atoms with Gasteiger partial charge in [-0.3, -0.25) is 14.4 Å². The number of likely N-dealkylation sites (tertiary alicyclic amines) is 1. The number of hydrogen-bond donors (Lipinski definition) is 3. The number of benzene rings is 1. The van der Waals surface area contributed by atoms with E-state index < -0.39 is 15.4 Å². The number of carbonyl (C=O) groups is 3. The number of ketones is 1. The zero-order chi connectivity index (χ0) is 28.3. The highest BCUT2D eigenvalue weighted by atomic mass is 32.2. The summed E-state index contributed by atoms with van der Waals surface area (Å²) in [5.41, 5.74) is 2.47. The zero-order valence-corrected chi connectivity index (χ0v) is 23.5. The molecule has 1 aliphatic heterocycles. The van der Waals surface area contributed by atoms with Crippen LogP contribution < -0.4 is 10.0 Å². The van der Waals surface area contributed by atoms with E-state index in [0.717, 1.165) is 16.5 Å². The smallest absolute Gasteiger partial charge is 0.257 e. The Morgan fingerprint density at radius 1 is 1.08 bits per heavy atom. The van der Waals surface area contributed by atoms with Crippen molar-refractivity contribution in [1.82, 2.24) is 24.9 Å². The first-order valence-electron chi connectivity index (χ1n) is 12.9. The molecule has 1 fully saturated rings. The molecule has 1 unspecified atom stereocenters. The van der Waals surface area contributed by atoms with Gasteiger partial charge in [-0.15, -0.1) is 0 Å². The highest BCUT2D eigenvalue weighted by Gasteiger charge is 2.45. The number of carbonyl (C=O) groups excluding carboxylic acids is 3. The first kappa shape index (κ1) is 27.0. The average Bonchev–Trinajstić information content (AvgIpc) is 3.51. The minimum absolute atomic E-state index is 0.0863. The minimum Gasteiger partial charge on any atom is -0.352 e. The average molecular weight is 552 g/mol. The molecule has 1 atom stereocenters. The molecule has 10 nitrogen and oxygen atoms in total. The molecule has 39 heavy (non-hydrogen) atoms. The fourth-order valence-corrected chi connectivity index (χ4v) is 6.75. The van der Waals surface area contributed by atoms with Gasteiger partial charge < -0.3 is 15.2 Å². The number of H-pyrrole nitrogens is 1. The Morgan fingerprint density at radius 3 is 2.46 bits per heavy atom. The summed E-state index contributed by atoms with van der Waals surface area (Å²) in [6.07, 6.45) is 2.55. The summed E-state index contributed by atoms with van der Waals surface area (Å²) in [6.45, 7) is 9.00. The largest absolute Gasteiger partial charge is 0.352 e. The molecule has 1 aliphatic carbocycles. The van der Waals surface area contributed by atoms with Gasteiger partial charge in [0.1, 0.15) is 0 Å². The number of amides is 2. The lowest BCUT2D eigenvalue weighted by atomic mass is 9.63. The number of aromatic nitrogens is 2. The number of aromatic amines is 1. The number of hydrogen-bond acceptors (Lipinski definition) is 6. The van der Waals surface area contributed by atoms with Crippen LogP contribution >= 0.6 is 0 Å². The first-order chi connectivity index (χ1) is 18.2. The van der Waals surface area contributed by atoms with E-state index >= 15 is 0 Å². The lowest BCUT2D eigenvalue weighted by Gasteiger charge is -2.39. The molecule has 0 bridgehead atoms. The van der Waals surface area contributed by atoms with Crippen LogP contribution in [0.4, 0.5) is 0 Å². The summed E-state index contributed by atoms with van der Waals surface area (Å²) in [5.74, 6) is -0.430. The second-order valence-corrected chi connectivity index (χ2v) is 13.5. The highest BCUT2D eigenvalue weighted by molar-refractivity contribution is 7.89. The molecular formula is C28H33N5O5S. The molecule has 3 heterocycles. The van der Waals surface area contributed by atoms with E-state index in [0.29, 0.717) is 37.2 Å². The molecule has 2 aliphatic rings. The topological polar surface area (TPSA) is 141 Å². The number of rotatable bonds is 5. The van der Waals surface area contributed by atoms with Crippen LogP contribution in [0.1, 0.15) is 77.3 Å². The van der Waals surface area contributed by atoms with Crippen LogP contribution in [0, 0.1) is 5.41 Å². The van der Waals surface area contributed by atoms with Gasteiger partial charge in [0.25, 0.3) is 21.8 Å². The molecule has 3 aromatic rings. The standard InChI is InChI=1S/C28H33N5O5S/c1-27(2)15-28(3,4)24(34)23-22(27)19-12-16(6-8-20(19)32-23)25(35)31-18-10-11-33(14-18)26(36)17-7-9-21(30-13-17)39(37,38)29-5/h6-9,12-13,18,29,32H,10-11,14-15H2,1-5H3,(H,31,35). The number of nitrogens with zero attached hydrogens (tertiary/aromatic N) is 2. The molecule has 2 aromatic heterocycles. The van der Waals surface area contributed by atoms with Crippen molar-refractivity contribution in [3.05, 3.63) is 58.9 Å². The van der Waals surface area contributed by atoms with E-state index in [2.05, 4.69) is 33.9 Å². The summed E-state index contributed by atoms with van der Waals surface area (Å²) in [7, 11) is -2.40. The first-order valence-corrected chi connectivity index (χ1v) is 14.4. The van der Waals surface area contributed by atoms with E-state index in [1.165, 1.54) is 25.4 Å². The Labute approximate surface area is 227 Å². The quantitative estimate of drug-likeness (QED) is 0.445. The fraction of sp³-hybridized carbons (Fsp3) is 0.429. The molecule has 5 rings (SSSR count). The van der Waals surface area contributed by atoms with E-state index in [1.807, 2.05) is 26.0 Å². The van der Waals surface area contributed by atoms with Crippen LogP contribution in [0.25, 0.3) is 10.9 Å². The van der Waals surface area contributed by atoms with Crippen LogP contribution in [-0.4, -0.2) is 67.1 Å². The zero-order valence-electron chi connectivity index (χ0n) is 22.7. The summed E-state index contributed by atoms with van der Waals surface area (Å²) in [6, 6.07) is 7.93. The van der Waals surface area contributed by atoms with Crippen molar-refractivity contribution in [2.45, 2.75) is 57.0 Å². The van der Waals surface area contributed by atoms with Crippen molar-refractivity contribution >= 4 is 38.5 Å². The predicted molar refractivity (Wildman–Crippen MR) is 146 cm³/mol. The van der Waals surface area contributed by atoms with E-state index in [4.69, 9.17) is 0 Å². The van der Waals surface area contributed by atoms with Crippen LogP contribution in [0.15, 0.2) is 41.6 Å². The van der Waals surface area contributed by atoms with Crippen molar-refractivity contribution in [2.24, 2.45) is 5.41 Å². The summed E-state index contributed by atoms with van der Waals surface area (Å²) in [4.78, 5) is 48.1. The second-order valence-electron chi connectivity index (χ2n) is 11.7. The molecular weight excluding hydrogens is 518 g/mol. The predicted octanol–water partition coefficient (Wildman–Crippen LogP) is 3.01. The van der Waals surface area contributed by atoms with Gasteiger partial charge in [-0.05, 0) is 61.2 Å². The molecule has 11 heteroatoms. The third-order valence-corrected chi connectivity index (χ3v) is 9.13. The Bertz CT molecular complexity index is 1600. The third-order valence-electron chi connectivity index (χ3n) is 7.80. The summed E-state index contributed by atoms with van der Waals surface area (Å²) >= 11 is 0. The van der Waals surface area contributed by atoms with E-state index in [9.17, 15) is 22.8 Å². The van der Waals surface area contributed by atoms with Gasteiger partial charge in [0.15, 0.2) is 10.8 Å². The maximum absolute atomic E-state index is 13.2. The summed E-state index contributed by atoms with van der Waals surface area (Å²) in [5, 5.41) is 3.75. The van der Waals surface area contributed by atoms with Crippen molar-refractivity contribution in [1.29, 1.82) is 0 Å². The molecule has 0 radical (unpaired) electrons. The number of nitrogens with one attached hydrogen (secondary N) is 3. The van der Waals surface area contributed by atoms with Crippen molar-refractivity contribution < 1.29 is 22.8 Å². The maximum Gasteiger partial charge on any atom is 0.257 e. The van der Waals surface area contributed by atoms with Crippen LogP contribution in [0.3, 0.4) is 0 Å². The Morgan fingerprint density at radius 2 is 1.79 bits per heavy atom. The summed E-state index contributed by atoms with van der Waals surface area (Å²) < 4.78 is 25.9. The normalized spacial score (nSPS) is 20.2. The van der Waals surface area contributed by atoms with Gasteiger partial charge in [-0.1, -0.05) is 27.7 Å². The number of pyridine rings is 1. The lowest BCUT2D eigenvalue weighted by molar-refractivity contribution is 0.0759. The van der Waals surface area contributed by atoms with Crippen molar-refractivity contribution in [3.8, 4) is 0 Å². The van der Waals surface area contributed by atoms with Gasteiger partial charge >= 0.3 is 0 Å². The number of Topliss-reactive ketones (excluding diaryl/α,β-unsaturated/α-hetero) is 1. The van der Waals surface area contributed by atoms with Gasteiger partial charge in [-0.25, -0.2) is 18.1 Å². The van der Waals surface area contributed by atoms with Gasteiger partial charge in [-0.2, -0.15) is 0 Å². The van der Waals surface area contributed by atoms with E-state index in [-0.39, 0.29) is 39.6 Å². The van der Waals surface area contributed by atoms with E-state index in [1.54, 1.807) is 11.0 Å². The molecule has 1 saturated heterocycles. The van der Waals surface area contributed by atoms with Crippen molar-refractivity contribution in [2.75, 3.05) is 20.1 Å². The molecule has 206 valence electrons. The van der Waals surface area contributed by atoms with Gasteiger partial charge in [0, 0.05) is 47.2 Å². The maximum atomic E-state index is 13.2. The molecule has 0 spiro atoms. The van der Waals surface area contributed by atoms with Gasteiger partial charge in [0.05, 0.1) is 11.3 Å².